The van der Waals surface area contributed by atoms with Gasteiger partial charge in [-0.2, -0.15) is 0 Å². The number of H-pyrrole nitrogens is 1. The lowest BCUT2D eigenvalue weighted by molar-refractivity contribution is -0.926. The first-order valence-electron chi connectivity index (χ1n) is 10.5. The van der Waals surface area contributed by atoms with Crippen molar-refractivity contribution < 1.29 is 14.4 Å². The Morgan fingerprint density at radius 3 is 2.61 bits per heavy atom. The van der Waals surface area contributed by atoms with Gasteiger partial charge in [0, 0.05) is 11.5 Å². The molecule has 2 heterocycles. The number of fused-ring (bicyclic) bond motifs is 2. The molecule has 3 N–H and O–H groups in total. The maximum atomic E-state index is 12.4. The topological polar surface area (TPSA) is 101 Å². The van der Waals surface area contributed by atoms with Gasteiger partial charge in [-0.15, -0.1) is 0 Å². The summed E-state index contributed by atoms with van der Waals surface area (Å²) in [5, 5.41) is 12.3. The van der Waals surface area contributed by atoms with Gasteiger partial charge in [0.15, 0.2) is 11.4 Å². The van der Waals surface area contributed by atoms with Gasteiger partial charge in [0.2, 0.25) is 0 Å². The first-order valence-corrected chi connectivity index (χ1v) is 10.5. The molecule has 2 aromatic heterocycles. The van der Waals surface area contributed by atoms with Crippen molar-refractivity contribution in [3.63, 3.8) is 0 Å². The number of phenols is 1. The molecule has 7 heteroatoms. The number of quaternary nitrogens is 1. The van der Waals surface area contributed by atoms with Crippen molar-refractivity contribution in [3.05, 3.63) is 79.7 Å². The molecule has 160 valence electrons. The number of hydrogen-bond donors (Lipinski definition) is 3. The normalized spacial score (nSPS) is 12.5. The van der Waals surface area contributed by atoms with Crippen molar-refractivity contribution >= 4 is 21.9 Å². The first-order chi connectivity index (χ1) is 14.9. The molecule has 0 aliphatic carbocycles. The quantitative estimate of drug-likeness (QED) is 0.415. The fourth-order valence-corrected chi connectivity index (χ4v) is 4.02. The number of hydrogen-bond acceptors (Lipinski definition) is 5. The lowest BCUT2D eigenvalue weighted by atomic mass is 9.99. The molecular formula is C24H26N3O4+. The van der Waals surface area contributed by atoms with E-state index < -0.39 is 5.63 Å². The average molecular weight is 420 g/mol. The van der Waals surface area contributed by atoms with Crippen LogP contribution < -0.4 is 16.1 Å². The maximum Gasteiger partial charge on any atom is 0.336 e. The Balaban J connectivity index is 1.76. The van der Waals surface area contributed by atoms with Crippen LogP contribution in [0.25, 0.3) is 21.9 Å². The van der Waals surface area contributed by atoms with Gasteiger partial charge in [0.1, 0.15) is 18.8 Å². The van der Waals surface area contributed by atoms with Gasteiger partial charge < -0.3 is 19.4 Å². The summed E-state index contributed by atoms with van der Waals surface area (Å²) in [6.45, 7) is 7.49. The van der Waals surface area contributed by atoms with E-state index in [9.17, 15) is 14.7 Å². The molecule has 4 aromatic rings. The molecule has 1 atom stereocenters. The van der Waals surface area contributed by atoms with Crippen LogP contribution in [0.5, 0.6) is 5.75 Å². The van der Waals surface area contributed by atoms with Gasteiger partial charge in [-0.05, 0) is 49.6 Å². The monoisotopic (exact) mass is 420 g/mol. The summed E-state index contributed by atoms with van der Waals surface area (Å²) in [5.41, 5.74) is 2.71. The van der Waals surface area contributed by atoms with Crippen molar-refractivity contribution in [2.45, 2.75) is 40.3 Å². The molecule has 0 spiro atoms. The van der Waals surface area contributed by atoms with Crippen molar-refractivity contribution in [2.75, 3.05) is 6.54 Å². The van der Waals surface area contributed by atoms with E-state index in [1.54, 1.807) is 6.07 Å². The molecule has 0 fully saturated rings. The highest BCUT2D eigenvalue weighted by Crippen LogP contribution is 2.32. The number of aromatic amines is 1. The Morgan fingerprint density at radius 1 is 1.10 bits per heavy atom. The van der Waals surface area contributed by atoms with Gasteiger partial charge in [0.05, 0.1) is 23.0 Å². The summed E-state index contributed by atoms with van der Waals surface area (Å²) >= 11 is 0. The van der Waals surface area contributed by atoms with Crippen LogP contribution in [0.1, 0.15) is 36.4 Å². The summed E-state index contributed by atoms with van der Waals surface area (Å²) in [5.74, 6) is 0.739. The lowest BCUT2D eigenvalue weighted by Gasteiger charge is -2.20. The van der Waals surface area contributed by atoms with Crippen molar-refractivity contribution in [2.24, 2.45) is 0 Å². The zero-order chi connectivity index (χ0) is 22.1. The van der Waals surface area contributed by atoms with Crippen LogP contribution in [0.2, 0.25) is 0 Å². The number of rotatable bonds is 6. The van der Waals surface area contributed by atoms with E-state index in [-0.39, 0.29) is 11.3 Å². The van der Waals surface area contributed by atoms with Crippen LogP contribution in [-0.2, 0) is 19.5 Å². The first kappa shape index (κ1) is 20.8. The Labute approximate surface area is 179 Å². The van der Waals surface area contributed by atoms with Crippen LogP contribution in [0.15, 0.2) is 50.4 Å². The Hall–Kier alpha value is -3.45. The minimum absolute atomic E-state index is 0.162. The highest BCUT2D eigenvalue weighted by molar-refractivity contribution is 5.86. The standard InChI is InChI=1S/C24H25N3O4/c1-4-15-11-17-14(3)10-21(28)31-23(17)18(22(15)29)12-27(5-2)13-20-25-19-9-7-6-8-16(19)24(30)26-20/h6-11,29H,4-5,12-13H2,1-3H3,(H,25,26,30)/p+1. The van der Waals surface area contributed by atoms with Crippen LogP contribution in [-0.4, -0.2) is 21.6 Å². The Bertz CT molecular complexity index is 1390. The summed E-state index contributed by atoms with van der Waals surface area (Å²) in [6, 6.07) is 10.6. The summed E-state index contributed by atoms with van der Waals surface area (Å²) in [7, 11) is 0. The SMILES string of the molecule is CCc1cc2c(C)cc(=O)oc2c(C[NH+](CC)Cc2nc3ccccc3c(=O)[nH]2)c1O. The number of nitrogens with zero attached hydrogens (tertiary/aromatic N) is 1. The third kappa shape index (κ3) is 3.96. The minimum atomic E-state index is -0.437. The van der Waals surface area contributed by atoms with Gasteiger partial charge in [-0.1, -0.05) is 19.1 Å². The average Bonchev–Trinajstić information content (AvgIpc) is 2.75. The van der Waals surface area contributed by atoms with Crippen molar-refractivity contribution in [3.8, 4) is 5.75 Å². The van der Waals surface area contributed by atoms with Crippen molar-refractivity contribution in [1.29, 1.82) is 0 Å². The smallest absolute Gasteiger partial charge is 0.336 e. The fourth-order valence-electron chi connectivity index (χ4n) is 4.02. The van der Waals surface area contributed by atoms with Gasteiger partial charge >= 0.3 is 5.63 Å². The minimum Gasteiger partial charge on any atom is -0.507 e. The van der Waals surface area contributed by atoms with E-state index in [4.69, 9.17) is 4.42 Å². The highest BCUT2D eigenvalue weighted by atomic mass is 16.4. The van der Waals surface area contributed by atoms with Crippen LogP contribution in [0.4, 0.5) is 0 Å². The molecule has 2 aromatic carbocycles. The second-order valence-corrected chi connectivity index (χ2v) is 7.83. The molecule has 1 unspecified atom stereocenters. The van der Waals surface area contributed by atoms with Gasteiger partial charge in [-0.25, -0.2) is 9.78 Å². The molecule has 4 rings (SSSR count). The van der Waals surface area contributed by atoms with Crippen LogP contribution in [0.3, 0.4) is 0 Å². The molecule has 31 heavy (non-hydrogen) atoms. The Kier molecular flexibility index (Phi) is 5.61. The van der Waals surface area contributed by atoms with E-state index in [1.807, 2.05) is 45.0 Å². The van der Waals surface area contributed by atoms with Gasteiger partial charge in [-0.3, -0.25) is 4.79 Å². The van der Waals surface area contributed by atoms with Gasteiger partial charge in [0.25, 0.3) is 5.56 Å². The summed E-state index contributed by atoms with van der Waals surface area (Å²) in [4.78, 5) is 33.0. The zero-order valence-corrected chi connectivity index (χ0v) is 17.9. The Morgan fingerprint density at radius 2 is 1.87 bits per heavy atom. The van der Waals surface area contributed by atoms with E-state index in [2.05, 4.69) is 9.97 Å². The molecule has 0 aliphatic heterocycles. The van der Waals surface area contributed by atoms with E-state index >= 15 is 0 Å². The molecule has 7 nitrogen and oxygen atoms in total. The van der Waals surface area contributed by atoms with Crippen molar-refractivity contribution in [1.82, 2.24) is 9.97 Å². The molecular weight excluding hydrogens is 394 g/mol. The van der Waals surface area contributed by atoms with E-state index in [1.165, 1.54) is 6.07 Å². The molecule has 0 saturated heterocycles. The third-order valence-electron chi connectivity index (χ3n) is 5.78. The number of para-hydroxylation sites is 1. The molecule has 0 saturated carbocycles. The predicted molar refractivity (Wildman–Crippen MR) is 120 cm³/mol. The molecule has 0 bridgehead atoms. The third-order valence-corrected chi connectivity index (χ3v) is 5.78. The maximum absolute atomic E-state index is 12.4. The largest absolute Gasteiger partial charge is 0.507 e. The molecule has 0 aliphatic rings. The number of phenolic OH excluding ortho intramolecular Hbond substituents is 1. The summed E-state index contributed by atoms with van der Waals surface area (Å²) in [6.07, 6.45) is 0.661. The summed E-state index contributed by atoms with van der Waals surface area (Å²) < 4.78 is 5.52. The second-order valence-electron chi connectivity index (χ2n) is 7.83. The zero-order valence-electron chi connectivity index (χ0n) is 17.9. The highest BCUT2D eigenvalue weighted by Gasteiger charge is 2.21. The second kappa shape index (κ2) is 8.35. The number of aryl methyl sites for hydroxylation is 2. The predicted octanol–water partition coefficient (Wildman–Crippen LogP) is 2.21. The fraction of sp³-hybridized carbons (Fsp3) is 0.292. The number of nitrogens with one attached hydrogen (secondary N) is 2. The number of benzene rings is 2. The van der Waals surface area contributed by atoms with Crippen LogP contribution >= 0.6 is 0 Å². The number of aromatic hydroxyl groups is 1. The van der Waals surface area contributed by atoms with E-state index in [0.29, 0.717) is 47.4 Å². The van der Waals surface area contributed by atoms with Crippen LogP contribution in [0, 0.1) is 6.92 Å². The molecule has 0 amide bonds. The number of aromatic nitrogens is 2. The van der Waals surface area contributed by atoms with E-state index in [0.717, 1.165) is 28.0 Å². The lowest BCUT2D eigenvalue weighted by Crippen LogP contribution is -3.09. The molecule has 0 radical (unpaired) electrons.